The molecule has 3 heterocycles. The van der Waals surface area contributed by atoms with Gasteiger partial charge in [0.15, 0.2) is 0 Å². The highest BCUT2D eigenvalue weighted by Gasteiger charge is 2.22. The predicted molar refractivity (Wildman–Crippen MR) is 93.2 cm³/mol. The van der Waals surface area contributed by atoms with Crippen LogP contribution in [-0.4, -0.2) is 29.9 Å². The highest BCUT2D eigenvalue weighted by molar-refractivity contribution is 6.22. The Morgan fingerprint density at radius 2 is 1.91 bits per heavy atom. The molecule has 0 aliphatic carbocycles. The highest BCUT2D eigenvalue weighted by atomic mass is 16.5. The van der Waals surface area contributed by atoms with Gasteiger partial charge in [-0.3, -0.25) is 0 Å². The average Bonchev–Trinajstić information content (AvgIpc) is 3.04. The van der Waals surface area contributed by atoms with Gasteiger partial charge in [-0.2, -0.15) is 0 Å². The van der Waals surface area contributed by atoms with Crippen LogP contribution in [0.4, 0.5) is 11.5 Å². The van der Waals surface area contributed by atoms with Crippen LogP contribution in [0.3, 0.4) is 0 Å². The number of rotatable bonds is 4. The minimum atomic E-state index is 0.177. The molecule has 0 N–H and O–H groups in total. The summed E-state index contributed by atoms with van der Waals surface area (Å²) in [6.45, 7) is 6.29. The van der Waals surface area contributed by atoms with Crippen LogP contribution in [0.1, 0.15) is 37.8 Å². The summed E-state index contributed by atoms with van der Waals surface area (Å²) in [5.74, 6) is 1.96. The van der Waals surface area contributed by atoms with Crippen LogP contribution in [0.25, 0.3) is 0 Å². The number of fused-ring (bicyclic) bond motifs is 1. The monoisotopic (exact) mass is 307 g/mol. The van der Waals surface area contributed by atoms with E-state index in [1.807, 2.05) is 38.2 Å². The first kappa shape index (κ1) is 14.2. The van der Waals surface area contributed by atoms with Gasteiger partial charge in [0.05, 0.1) is 17.5 Å². The number of ether oxygens (including phenoxy) is 1. The normalized spacial score (nSPS) is 16.1. The minimum absolute atomic E-state index is 0.177. The maximum atomic E-state index is 5.80. The molecule has 4 rings (SSSR count). The maximum absolute atomic E-state index is 5.80. The number of anilines is 1. The maximum Gasteiger partial charge on any atom is 0.129 e. The Balaban J connectivity index is 1.61. The van der Waals surface area contributed by atoms with Crippen LogP contribution in [0, 0.1) is 0 Å². The van der Waals surface area contributed by atoms with Gasteiger partial charge in [0.2, 0.25) is 0 Å². The van der Waals surface area contributed by atoms with Crippen molar-refractivity contribution in [3.8, 4) is 5.75 Å². The van der Waals surface area contributed by atoms with Crippen molar-refractivity contribution in [2.24, 2.45) is 4.99 Å². The first-order valence-corrected chi connectivity index (χ1v) is 8.32. The number of nitrogens with zero attached hydrogens (tertiary/aromatic N) is 3. The molecule has 118 valence electrons. The van der Waals surface area contributed by atoms with Gasteiger partial charge in [-0.05, 0) is 57.0 Å². The van der Waals surface area contributed by atoms with Gasteiger partial charge < -0.3 is 9.64 Å². The van der Waals surface area contributed by atoms with E-state index in [2.05, 4.69) is 27.0 Å². The summed E-state index contributed by atoms with van der Waals surface area (Å²) in [7, 11) is 0. The fourth-order valence-electron chi connectivity index (χ4n) is 3.18. The molecule has 1 aromatic heterocycles. The molecular weight excluding hydrogens is 286 g/mol. The first-order chi connectivity index (χ1) is 11.2. The molecule has 0 amide bonds. The summed E-state index contributed by atoms with van der Waals surface area (Å²) < 4.78 is 5.80. The van der Waals surface area contributed by atoms with Crippen molar-refractivity contribution in [1.82, 2.24) is 4.98 Å². The van der Waals surface area contributed by atoms with E-state index in [4.69, 9.17) is 4.74 Å². The minimum Gasteiger partial charge on any atom is -0.491 e. The van der Waals surface area contributed by atoms with E-state index in [9.17, 15) is 0 Å². The van der Waals surface area contributed by atoms with Crippen molar-refractivity contribution in [2.45, 2.75) is 32.8 Å². The summed E-state index contributed by atoms with van der Waals surface area (Å²) in [4.78, 5) is 11.5. The summed E-state index contributed by atoms with van der Waals surface area (Å²) in [6.07, 6.45) is 4.58. The van der Waals surface area contributed by atoms with E-state index >= 15 is 0 Å². The van der Waals surface area contributed by atoms with E-state index in [1.54, 1.807) is 0 Å². The Kier molecular flexibility index (Phi) is 3.52. The number of hydrogen-bond donors (Lipinski definition) is 0. The average molecular weight is 307 g/mol. The zero-order chi connectivity index (χ0) is 15.8. The molecule has 0 unspecified atom stereocenters. The van der Waals surface area contributed by atoms with Crippen molar-refractivity contribution in [3.05, 3.63) is 47.7 Å². The van der Waals surface area contributed by atoms with Gasteiger partial charge in [0.1, 0.15) is 11.6 Å². The van der Waals surface area contributed by atoms with Crippen molar-refractivity contribution >= 4 is 17.2 Å². The zero-order valence-electron chi connectivity index (χ0n) is 13.6. The van der Waals surface area contributed by atoms with Gasteiger partial charge in [0, 0.05) is 30.4 Å². The number of aliphatic imine (C=N–C) groups is 1. The van der Waals surface area contributed by atoms with E-state index in [0.29, 0.717) is 0 Å². The number of hydrogen-bond acceptors (Lipinski definition) is 4. The molecule has 1 fully saturated rings. The lowest BCUT2D eigenvalue weighted by atomic mass is 9.96. The van der Waals surface area contributed by atoms with E-state index in [-0.39, 0.29) is 6.10 Å². The lowest BCUT2D eigenvalue weighted by Gasteiger charge is -2.22. The predicted octanol–water partition coefficient (Wildman–Crippen LogP) is 3.95. The van der Waals surface area contributed by atoms with Crippen molar-refractivity contribution in [2.75, 3.05) is 18.0 Å². The van der Waals surface area contributed by atoms with Crippen molar-refractivity contribution in [1.29, 1.82) is 0 Å². The van der Waals surface area contributed by atoms with E-state index in [1.165, 1.54) is 18.4 Å². The molecule has 2 aliphatic heterocycles. The fraction of sp³-hybridized carbons (Fsp3) is 0.368. The smallest absolute Gasteiger partial charge is 0.129 e. The molecule has 1 aromatic carbocycles. The Hall–Kier alpha value is -2.36. The van der Waals surface area contributed by atoms with Crippen LogP contribution < -0.4 is 9.64 Å². The van der Waals surface area contributed by atoms with Crippen LogP contribution >= 0.6 is 0 Å². The lowest BCUT2D eigenvalue weighted by molar-refractivity contribution is 0.242. The number of pyridine rings is 1. The highest BCUT2D eigenvalue weighted by Crippen LogP contribution is 2.36. The van der Waals surface area contributed by atoms with Gasteiger partial charge in [-0.1, -0.05) is 0 Å². The van der Waals surface area contributed by atoms with Crippen molar-refractivity contribution in [3.63, 3.8) is 0 Å². The summed E-state index contributed by atoms with van der Waals surface area (Å²) in [5, 5.41) is 0. The molecule has 4 nitrogen and oxygen atoms in total. The van der Waals surface area contributed by atoms with Gasteiger partial charge >= 0.3 is 0 Å². The third kappa shape index (κ3) is 2.69. The molecule has 0 saturated carbocycles. The third-order valence-corrected chi connectivity index (χ3v) is 4.28. The van der Waals surface area contributed by atoms with Crippen LogP contribution in [0.15, 0.2) is 41.5 Å². The fourth-order valence-corrected chi connectivity index (χ4v) is 3.18. The quantitative estimate of drug-likeness (QED) is 0.732. The molecule has 0 spiro atoms. The molecule has 1 saturated heterocycles. The number of aromatic nitrogens is 1. The Morgan fingerprint density at radius 3 is 2.70 bits per heavy atom. The van der Waals surface area contributed by atoms with E-state index < -0.39 is 0 Å². The Labute approximate surface area is 136 Å². The van der Waals surface area contributed by atoms with Crippen LogP contribution in [0.5, 0.6) is 5.75 Å². The van der Waals surface area contributed by atoms with Gasteiger partial charge in [0.25, 0.3) is 0 Å². The summed E-state index contributed by atoms with van der Waals surface area (Å²) >= 11 is 0. The largest absolute Gasteiger partial charge is 0.491 e. The molecule has 0 bridgehead atoms. The molecule has 0 atom stereocenters. The second kappa shape index (κ2) is 5.69. The molecule has 4 heteroatoms. The van der Waals surface area contributed by atoms with Crippen LogP contribution in [0.2, 0.25) is 0 Å². The SMILES string of the molecule is CC(C)Oc1ccc2c(c1)C(c1ccnc(N3CCCC3)c1)=N2. The molecular formula is C19H21N3O. The van der Waals surface area contributed by atoms with Crippen molar-refractivity contribution < 1.29 is 4.74 Å². The lowest BCUT2D eigenvalue weighted by Crippen LogP contribution is -2.20. The summed E-state index contributed by atoms with van der Waals surface area (Å²) in [5.41, 5.74) is 4.38. The molecule has 2 aliphatic rings. The second-order valence-corrected chi connectivity index (χ2v) is 6.40. The Morgan fingerprint density at radius 1 is 1.09 bits per heavy atom. The number of benzene rings is 1. The topological polar surface area (TPSA) is 37.7 Å². The Bertz CT molecular complexity index is 761. The van der Waals surface area contributed by atoms with Gasteiger partial charge in [-0.25, -0.2) is 9.98 Å². The molecule has 0 radical (unpaired) electrons. The summed E-state index contributed by atoms with van der Waals surface area (Å²) in [6, 6.07) is 10.3. The van der Waals surface area contributed by atoms with Crippen LogP contribution in [-0.2, 0) is 0 Å². The second-order valence-electron chi connectivity index (χ2n) is 6.40. The molecule has 23 heavy (non-hydrogen) atoms. The van der Waals surface area contributed by atoms with Gasteiger partial charge in [-0.15, -0.1) is 0 Å². The van der Waals surface area contributed by atoms with E-state index in [0.717, 1.165) is 41.6 Å². The molecule has 2 aromatic rings. The first-order valence-electron chi connectivity index (χ1n) is 8.32. The third-order valence-electron chi connectivity index (χ3n) is 4.28. The zero-order valence-corrected chi connectivity index (χ0v) is 13.6. The standard InChI is InChI=1S/C19H21N3O/c1-13(2)23-15-5-6-17-16(12-15)19(21-17)14-7-8-20-18(11-14)22-9-3-4-10-22/h5-8,11-13H,3-4,9-10H2,1-2H3.